The Labute approximate surface area is 206 Å². The minimum atomic E-state index is -0.667. The number of para-hydroxylation sites is 2. The molecular weight excluding hydrogens is 456 g/mol. The number of methoxy groups -OCH3 is 2. The summed E-state index contributed by atoms with van der Waals surface area (Å²) in [5.74, 6) is 1.32. The van der Waals surface area contributed by atoms with E-state index in [1.807, 2.05) is 41.0 Å². The third kappa shape index (κ3) is 7.16. The van der Waals surface area contributed by atoms with Gasteiger partial charge in [0.1, 0.15) is 6.61 Å². The second-order valence-electron chi connectivity index (χ2n) is 8.16. The number of thiophene rings is 1. The van der Waals surface area contributed by atoms with E-state index in [1.165, 1.54) is 4.88 Å². The summed E-state index contributed by atoms with van der Waals surface area (Å²) in [6, 6.07) is 9.42. The van der Waals surface area contributed by atoms with Crippen LogP contribution in [0.1, 0.15) is 23.4 Å². The van der Waals surface area contributed by atoms with Crippen molar-refractivity contribution in [3.8, 4) is 11.5 Å². The molecule has 1 N–H and O–H groups in total. The van der Waals surface area contributed by atoms with E-state index < -0.39 is 6.10 Å². The van der Waals surface area contributed by atoms with Gasteiger partial charge in [0.2, 0.25) is 5.91 Å². The van der Waals surface area contributed by atoms with Crippen molar-refractivity contribution in [3.63, 3.8) is 0 Å². The summed E-state index contributed by atoms with van der Waals surface area (Å²) in [7, 11) is 3.24. The molecule has 1 aromatic carbocycles. The highest BCUT2D eigenvalue weighted by molar-refractivity contribution is 7.10. The number of hydrogen-bond acceptors (Lipinski definition) is 8. The highest BCUT2D eigenvalue weighted by atomic mass is 32.1. The number of hydrogen-bond donors (Lipinski definition) is 1. The Morgan fingerprint density at radius 1 is 1.26 bits per heavy atom. The Kier molecular flexibility index (Phi) is 10.6. The number of ether oxygens (including phenoxy) is 4. The molecule has 2 atom stereocenters. The average molecular weight is 493 g/mol. The van der Waals surface area contributed by atoms with E-state index >= 15 is 0 Å². The predicted molar refractivity (Wildman–Crippen MR) is 132 cm³/mol. The summed E-state index contributed by atoms with van der Waals surface area (Å²) in [5.41, 5.74) is 1.14. The lowest BCUT2D eigenvalue weighted by Crippen LogP contribution is -2.48. The molecule has 0 fully saturated rings. The summed E-state index contributed by atoms with van der Waals surface area (Å²) in [6.07, 6.45) is 0.161. The van der Waals surface area contributed by atoms with Crippen LogP contribution in [0, 0.1) is 0 Å². The lowest BCUT2D eigenvalue weighted by Gasteiger charge is -2.37. The summed E-state index contributed by atoms with van der Waals surface area (Å²) in [4.78, 5) is 18.6. The quantitative estimate of drug-likeness (QED) is 0.434. The molecule has 0 spiro atoms. The highest BCUT2D eigenvalue weighted by Crippen LogP contribution is 2.35. The highest BCUT2D eigenvalue weighted by Gasteiger charge is 2.33. The zero-order chi connectivity index (χ0) is 24.3. The summed E-state index contributed by atoms with van der Waals surface area (Å²) < 4.78 is 22.1. The molecule has 0 saturated carbocycles. The maximum atomic E-state index is 13.5. The van der Waals surface area contributed by atoms with Gasteiger partial charge in [0, 0.05) is 38.2 Å². The van der Waals surface area contributed by atoms with E-state index in [1.54, 1.807) is 25.6 Å². The fourth-order valence-electron chi connectivity index (χ4n) is 4.12. The monoisotopic (exact) mass is 492 g/mol. The summed E-state index contributed by atoms with van der Waals surface area (Å²) >= 11 is 1.72. The number of amides is 1. The summed E-state index contributed by atoms with van der Waals surface area (Å²) in [6.45, 7) is 5.19. The Morgan fingerprint density at radius 3 is 2.79 bits per heavy atom. The van der Waals surface area contributed by atoms with Gasteiger partial charge >= 0.3 is 0 Å². The average Bonchev–Trinajstić information content (AvgIpc) is 3.33. The summed E-state index contributed by atoms with van der Waals surface area (Å²) in [5, 5.41) is 12.4. The van der Waals surface area contributed by atoms with Crippen molar-refractivity contribution in [2.45, 2.75) is 25.5 Å². The number of carbonyl (C=O) groups excluding carboxylic acids is 1. The van der Waals surface area contributed by atoms with Gasteiger partial charge in [-0.1, -0.05) is 12.1 Å². The first kappa shape index (κ1) is 26.4. The molecule has 1 aromatic heterocycles. The van der Waals surface area contributed by atoms with Gasteiger partial charge in [-0.05, 0) is 42.5 Å². The number of benzene rings is 1. The van der Waals surface area contributed by atoms with Gasteiger partial charge in [-0.15, -0.1) is 11.3 Å². The lowest BCUT2D eigenvalue weighted by molar-refractivity contribution is -0.136. The van der Waals surface area contributed by atoms with E-state index in [4.69, 9.17) is 18.9 Å². The van der Waals surface area contributed by atoms with Crippen molar-refractivity contribution in [1.29, 1.82) is 0 Å². The molecule has 188 valence electrons. The van der Waals surface area contributed by atoms with E-state index in [9.17, 15) is 9.90 Å². The van der Waals surface area contributed by atoms with Crippen LogP contribution in [0.25, 0.3) is 0 Å². The topological polar surface area (TPSA) is 80.7 Å². The van der Waals surface area contributed by atoms with Gasteiger partial charge in [-0.2, -0.15) is 0 Å². The Balaban J connectivity index is 1.71. The maximum absolute atomic E-state index is 13.5. The number of carbonyl (C=O) groups is 1. The minimum absolute atomic E-state index is 0.00481. The standard InChI is InChI=1S/C25H36N2O6S/c1-4-32-17-19(28)15-26(12-13-30-2)16-25(29)27-11-9-24-20(10-14-34-24)21(27)18-33-23-8-6-5-7-22(23)31-3/h5-8,10,14,19,21,28H,4,9,11-13,15-18H2,1-3H3/t19-,21-/m1/s1. The molecule has 3 rings (SSSR count). The first-order valence-corrected chi connectivity index (χ1v) is 12.5. The second-order valence-corrected chi connectivity index (χ2v) is 9.16. The van der Waals surface area contributed by atoms with Crippen LogP contribution in [0.15, 0.2) is 35.7 Å². The fourth-order valence-corrected chi connectivity index (χ4v) is 5.05. The van der Waals surface area contributed by atoms with Crippen LogP contribution in [0.4, 0.5) is 0 Å². The molecule has 34 heavy (non-hydrogen) atoms. The van der Waals surface area contributed by atoms with Crippen molar-refractivity contribution >= 4 is 17.2 Å². The molecule has 9 heteroatoms. The zero-order valence-electron chi connectivity index (χ0n) is 20.3. The van der Waals surface area contributed by atoms with Gasteiger partial charge in [0.25, 0.3) is 0 Å². The van der Waals surface area contributed by atoms with Crippen molar-refractivity contribution in [3.05, 3.63) is 46.2 Å². The molecule has 0 aliphatic carbocycles. The molecule has 0 radical (unpaired) electrons. The van der Waals surface area contributed by atoms with Crippen LogP contribution in [0.3, 0.4) is 0 Å². The molecule has 2 aromatic rings. The number of fused-ring (bicyclic) bond motifs is 1. The lowest BCUT2D eigenvalue weighted by atomic mass is 10.0. The molecule has 8 nitrogen and oxygen atoms in total. The number of aliphatic hydroxyl groups is 1. The maximum Gasteiger partial charge on any atom is 0.237 e. The molecule has 0 unspecified atom stereocenters. The van der Waals surface area contributed by atoms with Crippen LogP contribution in [0.2, 0.25) is 0 Å². The largest absolute Gasteiger partial charge is 0.493 e. The van der Waals surface area contributed by atoms with Crippen LogP contribution in [-0.4, -0.2) is 93.7 Å². The molecule has 1 aliphatic rings. The van der Waals surface area contributed by atoms with Gasteiger partial charge in [0.15, 0.2) is 11.5 Å². The molecular formula is C25H36N2O6S. The van der Waals surface area contributed by atoms with E-state index in [0.717, 1.165) is 12.0 Å². The van der Waals surface area contributed by atoms with Crippen LogP contribution in [-0.2, 0) is 20.7 Å². The van der Waals surface area contributed by atoms with E-state index in [0.29, 0.717) is 51.0 Å². The SMILES string of the molecule is CCOC[C@H](O)CN(CCOC)CC(=O)N1CCc2sccc2[C@H]1COc1ccccc1OC. The van der Waals surface area contributed by atoms with Crippen molar-refractivity contribution < 1.29 is 28.8 Å². The third-order valence-corrected chi connectivity index (χ3v) is 6.83. The number of nitrogens with zero attached hydrogens (tertiary/aromatic N) is 2. The number of aliphatic hydroxyl groups excluding tert-OH is 1. The Morgan fingerprint density at radius 2 is 2.06 bits per heavy atom. The van der Waals surface area contributed by atoms with Crippen molar-refractivity contribution in [1.82, 2.24) is 9.80 Å². The molecule has 0 bridgehead atoms. The smallest absolute Gasteiger partial charge is 0.237 e. The van der Waals surface area contributed by atoms with Gasteiger partial charge in [-0.25, -0.2) is 0 Å². The molecule has 0 saturated heterocycles. The zero-order valence-corrected chi connectivity index (χ0v) is 21.1. The van der Waals surface area contributed by atoms with Crippen LogP contribution >= 0.6 is 11.3 Å². The second kappa shape index (κ2) is 13.7. The van der Waals surface area contributed by atoms with Crippen molar-refractivity contribution in [2.24, 2.45) is 0 Å². The normalized spacial score (nSPS) is 16.4. The molecule has 2 heterocycles. The minimum Gasteiger partial charge on any atom is -0.493 e. The predicted octanol–water partition coefficient (Wildman–Crippen LogP) is 2.61. The molecule has 1 amide bonds. The Bertz CT molecular complexity index is 892. The Hall–Kier alpha value is -2.17. The van der Waals surface area contributed by atoms with Gasteiger partial charge in [-0.3, -0.25) is 9.69 Å². The fraction of sp³-hybridized carbons (Fsp3) is 0.560. The van der Waals surface area contributed by atoms with E-state index in [-0.39, 0.29) is 25.1 Å². The van der Waals surface area contributed by atoms with E-state index in [2.05, 4.69) is 11.4 Å². The third-order valence-electron chi connectivity index (χ3n) is 5.83. The van der Waals surface area contributed by atoms with Crippen LogP contribution < -0.4 is 9.47 Å². The van der Waals surface area contributed by atoms with Crippen molar-refractivity contribution in [2.75, 3.05) is 66.8 Å². The van der Waals surface area contributed by atoms with Gasteiger partial charge in [0.05, 0.1) is 39.0 Å². The number of rotatable bonds is 14. The first-order chi connectivity index (χ1) is 16.6. The van der Waals surface area contributed by atoms with Gasteiger partial charge < -0.3 is 29.0 Å². The van der Waals surface area contributed by atoms with Crippen LogP contribution in [0.5, 0.6) is 11.5 Å². The first-order valence-electron chi connectivity index (χ1n) is 11.7. The molecule has 1 aliphatic heterocycles.